The molecular formula is C14H25N3O3. The molecule has 2 fully saturated rings. The lowest BCUT2D eigenvalue weighted by molar-refractivity contribution is -0.147. The topological polar surface area (TPSA) is 75.9 Å². The summed E-state index contributed by atoms with van der Waals surface area (Å²) in [6.07, 6.45) is 3.87. The third-order valence-corrected chi connectivity index (χ3v) is 4.50. The van der Waals surface area contributed by atoms with Gasteiger partial charge in [0.25, 0.3) is 0 Å². The fraction of sp³-hybridized carbons (Fsp3) is 0.857. The number of hydrogen-bond donors (Lipinski definition) is 1. The molecule has 6 nitrogen and oxygen atoms in total. The van der Waals surface area contributed by atoms with Crippen molar-refractivity contribution < 1.29 is 14.3 Å². The third-order valence-electron chi connectivity index (χ3n) is 4.50. The molecule has 2 aliphatic heterocycles. The van der Waals surface area contributed by atoms with Gasteiger partial charge in [-0.15, -0.1) is 0 Å². The molecule has 0 aliphatic carbocycles. The number of esters is 1. The van der Waals surface area contributed by atoms with Gasteiger partial charge in [0, 0.05) is 19.1 Å². The van der Waals surface area contributed by atoms with Gasteiger partial charge >= 0.3 is 5.97 Å². The minimum atomic E-state index is -0.0896. The molecule has 0 aromatic carbocycles. The Labute approximate surface area is 120 Å². The molecular weight excluding hydrogens is 258 g/mol. The number of carbonyl (C=O) groups excluding carboxylic acids is 2. The minimum absolute atomic E-state index is 0.0409. The maximum absolute atomic E-state index is 11.7. The molecule has 1 amide bonds. The predicted octanol–water partition coefficient (Wildman–Crippen LogP) is -0.179. The second-order valence-corrected chi connectivity index (χ2v) is 5.67. The average Bonchev–Trinajstić information content (AvgIpc) is 2.53. The first kappa shape index (κ1) is 15.3. The number of amides is 1. The van der Waals surface area contributed by atoms with Crippen molar-refractivity contribution in [2.45, 2.75) is 31.7 Å². The minimum Gasteiger partial charge on any atom is -0.469 e. The van der Waals surface area contributed by atoms with Crippen molar-refractivity contribution >= 4 is 11.9 Å². The number of ether oxygens (including phenoxy) is 1. The molecule has 114 valence electrons. The molecule has 0 bridgehead atoms. The summed E-state index contributed by atoms with van der Waals surface area (Å²) in [5, 5.41) is 0. The maximum Gasteiger partial charge on any atom is 0.308 e. The first-order chi connectivity index (χ1) is 9.65. The van der Waals surface area contributed by atoms with Crippen LogP contribution in [0.4, 0.5) is 0 Å². The standard InChI is InChI=1S/C14H25N3O3/c1-20-14(19)11-4-7-16(8-5-11)12-3-2-6-17(10-12)13(18)9-15/h11-12H,2-10,15H2,1H3. The summed E-state index contributed by atoms with van der Waals surface area (Å²) in [6.45, 7) is 3.52. The maximum atomic E-state index is 11.7. The largest absolute Gasteiger partial charge is 0.469 e. The Balaban J connectivity index is 1.84. The van der Waals surface area contributed by atoms with Crippen LogP contribution in [0.1, 0.15) is 25.7 Å². The number of methoxy groups -OCH3 is 1. The lowest BCUT2D eigenvalue weighted by atomic mass is 9.94. The van der Waals surface area contributed by atoms with Crippen LogP contribution in [0.25, 0.3) is 0 Å². The summed E-state index contributed by atoms with van der Waals surface area (Å²) < 4.78 is 4.81. The second kappa shape index (κ2) is 7.04. The summed E-state index contributed by atoms with van der Waals surface area (Å²) >= 11 is 0. The van der Waals surface area contributed by atoms with Crippen LogP contribution >= 0.6 is 0 Å². The summed E-state index contributed by atoms with van der Waals surface area (Å²) in [4.78, 5) is 27.5. The Morgan fingerprint density at radius 3 is 2.50 bits per heavy atom. The summed E-state index contributed by atoms with van der Waals surface area (Å²) in [7, 11) is 1.45. The van der Waals surface area contributed by atoms with Crippen molar-refractivity contribution in [3.8, 4) is 0 Å². The SMILES string of the molecule is COC(=O)C1CCN(C2CCCN(C(=O)CN)C2)CC1. The molecule has 20 heavy (non-hydrogen) atoms. The Kier molecular flexibility index (Phi) is 5.37. The van der Waals surface area contributed by atoms with Crippen LogP contribution in [-0.2, 0) is 14.3 Å². The van der Waals surface area contributed by atoms with E-state index in [0.29, 0.717) is 6.04 Å². The second-order valence-electron chi connectivity index (χ2n) is 5.67. The number of rotatable bonds is 3. The van der Waals surface area contributed by atoms with Crippen molar-refractivity contribution in [1.82, 2.24) is 9.80 Å². The molecule has 1 unspecified atom stereocenters. The fourth-order valence-electron chi connectivity index (χ4n) is 3.28. The Hall–Kier alpha value is -1.14. The summed E-state index contributed by atoms with van der Waals surface area (Å²) in [5.41, 5.74) is 5.44. The fourth-order valence-corrected chi connectivity index (χ4v) is 3.28. The molecule has 2 saturated heterocycles. The van der Waals surface area contributed by atoms with Crippen LogP contribution in [0.15, 0.2) is 0 Å². The summed E-state index contributed by atoms with van der Waals surface area (Å²) in [6, 6.07) is 0.415. The van der Waals surface area contributed by atoms with Gasteiger partial charge in [-0.2, -0.15) is 0 Å². The molecule has 2 aliphatic rings. The highest BCUT2D eigenvalue weighted by Gasteiger charge is 2.32. The number of likely N-dealkylation sites (tertiary alicyclic amines) is 2. The van der Waals surface area contributed by atoms with E-state index in [0.717, 1.165) is 51.9 Å². The van der Waals surface area contributed by atoms with E-state index in [1.807, 2.05) is 4.90 Å². The number of carbonyl (C=O) groups is 2. The van der Waals surface area contributed by atoms with Gasteiger partial charge in [0.15, 0.2) is 0 Å². The van der Waals surface area contributed by atoms with E-state index in [4.69, 9.17) is 10.5 Å². The molecule has 2 N–H and O–H groups in total. The first-order valence-corrected chi connectivity index (χ1v) is 7.45. The van der Waals surface area contributed by atoms with Crippen LogP contribution in [-0.4, -0.2) is 67.6 Å². The quantitative estimate of drug-likeness (QED) is 0.727. The van der Waals surface area contributed by atoms with Crippen LogP contribution in [0.3, 0.4) is 0 Å². The zero-order chi connectivity index (χ0) is 14.5. The van der Waals surface area contributed by atoms with Gasteiger partial charge in [-0.25, -0.2) is 0 Å². The zero-order valence-corrected chi connectivity index (χ0v) is 12.2. The van der Waals surface area contributed by atoms with Gasteiger partial charge in [0.05, 0.1) is 19.6 Å². The van der Waals surface area contributed by atoms with E-state index < -0.39 is 0 Å². The molecule has 2 rings (SSSR count). The van der Waals surface area contributed by atoms with E-state index in [2.05, 4.69) is 4.90 Å². The van der Waals surface area contributed by atoms with E-state index in [1.54, 1.807) is 0 Å². The van der Waals surface area contributed by atoms with Crippen LogP contribution in [0, 0.1) is 5.92 Å². The van der Waals surface area contributed by atoms with Crippen LogP contribution in [0.2, 0.25) is 0 Å². The number of piperidine rings is 2. The number of nitrogens with zero attached hydrogens (tertiary/aromatic N) is 2. The summed E-state index contributed by atoms with van der Waals surface area (Å²) in [5.74, 6) is -0.00556. The smallest absolute Gasteiger partial charge is 0.308 e. The predicted molar refractivity (Wildman–Crippen MR) is 75.0 cm³/mol. The highest BCUT2D eigenvalue weighted by molar-refractivity contribution is 5.78. The van der Waals surface area contributed by atoms with Gasteiger partial charge in [0.1, 0.15) is 0 Å². The van der Waals surface area contributed by atoms with Crippen molar-refractivity contribution in [3.05, 3.63) is 0 Å². The Morgan fingerprint density at radius 2 is 1.90 bits per heavy atom. The number of nitrogens with two attached hydrogens (primary N) is 1. The molecule has 0 saturated carbocycles. The molecule has 0 aromatic heterocycles. The Morgan fingerprint density at radius 1 is 1.20 bits per heavy atom. The lowest BCUT2D eigenvalue weighted by Crippen LogP contribution is -2.53. The molecule has 0 aromatic rings. The molecule has 0 radical (unpaired) electrons. The van der Waals surface area contributed by atoms with E-state index in [1.165, 1.54) is 7.11 Å². The van der Waals surface area contributed by atoms with Crippen molar-refractivity contribution in [3.63, 3.8) is 0 Å². The molecule has 6 heteroatoms. The van der Waals surface area contributed by atoms with E-state index in [9.17, 15) is 9.59 Å². The monoisotopic (exact) mass is 283 g/mol. The zero-order valence-electron chi connectivity index (χ0n) is 12.2. The van der Waals surface area contributed by atoms with Gasteiger partial charge < -0.3 is 15.4 Å². The van der Waals surface area contributed by atoms with Crippen LogP contribution < -0.4 is 5.73 Å². The first-order valence-electron chi connectivity index (χ1n) is 7.45. The number of hydrogen-bond acceptors (Lipinski definition) is 5. The lowest BCUT2D eigenvalue weighted by Gasteiger charge is -2.42. The molecule has 2 heterocycles. The molecule has 0 spiro atoms. The van der Waals surface area contributed by atoms with Gasteiger partial charge in [-0.3, -0.25) is 14.5 Å². The van der Waals surface area contributed by atoms with Crippen LogP contribution in [0.5, 0.6) is 0 Å². The Bertz CT molecular complexity index is 354. The van der Waals surface area contributed by atoms with Crippen molar-refractivity contribution in [2.24, 2.45) is 11.7 Å². The third kappa shape index (κ3) is 3.49. The van der Waals surface area contributed by atoms with E-state index in [-0.39, 0.29) is 24.3 Å². The highest BCUT2D eigenvalue weighted by Crippen LogP contribution is 2.24. The van der Waals surface area contributed by atoms with Gasteiger partial charge in [-0.05, 0) is 38.8 Å². The van der Waals surface area contributed by atoms with E-state index >= 15 is 0 Å². The normalized spacial score (nSPS) is 25.5. The van der Waals surface area contributed by atoms with Gasteiger partial charge in [0.2, 0.25) is 5.91 Å². The van der Waals surface area contributed by atoms with Crippen molar-refractivity contribution in [2.75, 3.05) is 39.8 Å². The highest BCUT2D eigenvalue weighted by atomic mass is 16.5. The van der Waals surface area contributed by atoms with Gasteiger partial charge in [-0.1, -0.05) is 0 Å². The average molecular weight is 283 g/mol. The molecule has 1 atom stereocenters. The van der Waals surface area contributed by atoms with Crippen molar-refractivity contribution in [1.29, 1.82) is 0 Å².